The van der Waals surface area contributed by atoms with Gasteiger partial charge >= 0.3 is 5.97 Å². The minimum Gasteiger partial charge on any atom is -0.481 e. The lowest BCUT2D eigenvalue weighted by molar-refractivity contribution is -0.138. The molecule has 1 amide bonds. The highest BCUT2D eigenvalue weighted by atomic mass is 16.4. The van der Waals surface area contributed by atoms with Crippen molar-refractivity contribution in [3.8, 4) is 0 Å². The Morgan fingerprint density at radius 1 is 1.39 bits per heavy atom. The standard InChI is InChI=1S/C14H17NO3/c1-15(9-8-13(16)17)14(18)12-7-6-10-4-2-3-5-11(10)12/h2-5,12H,6-9H2,1H3,(H,16,17). The zero-order valence-electron chi connectivity index (χ0n) is 10.4. The van der Waals surface area contributed by atoms with E-state index in [0.717, 1.165) is 18.4 Å². The summed E-state index contributed by atoms with van der Waals surface area (Å²) in [5.41, 5.74) is 2.34. The Labute approximate surface area is 106 Å². The number of nitrogens with zero attached hydrogens (tertiary/aromatic N) is 1. The molecule has 2 rings (SSSR count). The summed E-state index contributed by atoms with van der Waals surface area (Å²) in [6.45, 7) is 0.271. The van der Waals surface area contributed by atoms with E-state index >= 15 is 0 Å². The SMILES string of the molecule is CN(CCC(=O)O)C(=O)C1CCc2ccccc21. The quantitative estimate of drug-likeness (QED) is 0.880. The van der Waals surface area contributed by atoms with Gasteiger partial charge in [-0.05, 0) is 24.0 Å². The van der Waals surface area contributed by atoms with Crippen LogP contribution in [-0.4, -0.2) is 35.5 Å². The number of hydrogen-bond donors (Lipinski definition) is 1. The topological polar surface area (TPSA) is 57.6 Å². The Kier molecular flexibility index (Phi) is 3.65. The van der Waals surface area contributed by atoms with Gasteiger partial charge in [-0.3, -0.25) is 9.59 Å². The van der Waals surface area contributed by atoms with Gasteiger partial charge in [-0.1, -0.05) is 24.3 Å². The Morgan fingerprint density at radius 2 is 2.11 bits per heavy atom. The number of aliphatic carboxylic acids is 1. The summed E-state index contributed by atoms with van der Waals surface area (Å²) in [5.74, 6) is -0.942. The molecular formula is C14H17NO3. The normalized spacial score (nSPS) is 17.3. The Balaban J connectivity index is 2.05. The molecule has 1 N–H and O–H groups in total. The third-order valence-electron chi connectivity index (χ3n) is 3.47. The molecular weight excluding hydrogens is 230 g/mol. The summed E-state index contributed by atoms with van der Waals surface area (Å²) < 4.78 is 0. The molecule has 0 heterocycles. The molecule has 96 valence electrons. The molecule has 0 radical (unpaired) electrons. The predicted molar refractivity (Wildman–Crippen MR) is 67.4 cm³/mol. The van der Waals surface area contributed by atoms with Crippen molar-refractivity contribution >= 4 is 11.9 Å². The van der Waals surface area contributed by atoms with E-state index in [2.05, 4.69) is 6.07 Å². The molecule has 4 nitrogen and oxygen atoms in total. The molecule has 0 bridgehead atoms. The molecule has 1 aromatic rings. The van der Waals surface area contributed by atoms with Gasteiger partial charge < -0.3 is 10.0 Å². The second-order valence-corrected chi connectivity index (χ2v) is 4.69. The van der Waals surface area contributed by atoms with E-state index in [-0.39, 0.29) is 24.8 Å². The third-order valence-corrected chi connectivity index (χ3v) is 3.47. The fourth-order valence-corrected chi connectivity index (χ4v) is 2.45. The lowest BCUT2D eigenvalue weighted by atomic mass is 10.00. The van der Waals surface area contributed by atoms with Crippen molar-refractivity contribution in [2.75, 3.05) is 13.6 Å². The number of aryl methyl sites for hydroxylation is 1. The lowest BCUT2D eigenvalue weighted by Crippen LogP contribution is -2.32. The monoisotopic (exact) mass is 247 g/mol. The highest BCUT2D eigenvalue weighted by molar-refractivity contribution is 5.85. The fraction of sp³-hybridized carbons (Fsp3) is 0.429. The van der Waals surface area contributed by atoms with Crippen LogP contribution in [-0.2, 0) is 16.0 Å². The molecule has 1 aliphatic rings. The summed E-state index contributed by atoms with van der Waals surface area (Å²) in [6.07, 6.45) is 1.76. The van der Waals surface area contributed by atoms with E-state index in [1.54, 1.807) is 7.05 Å². The van der Waals surface area contributed by atoms with E-state index in [9.17, 15) is 9.59 Å². The van der Waals surface area contributed by atoms with Crippen LogP contribution in [0.25, 0.3) is 0 Å². The zero-order chi connectivity index (χ0) is 13.1. The van der Waals surface area contributed by atoms with Crippen LogP contribution in [0, 0.1) is 0 Å². The molecule has 0 saturated heterocycles. The smallest absolute Gasteiger partial charge is 0.305 e. The molecule has 1 aromatic carbocycles. The number of amides is 1. The van der Waals surface area contributed by atoms with Gasteiger partial charge in [0, 0.05) is 13.6 Å². The molecule has 4 heteroatoms. The number of carbonyl (C=O) groups is 2. The number of carbonyl (C=O) groups excluding carboxylic acids is 1. The van der Waals surface area contributed by atoms with Crippen molar-refractivity contribution in [3.05, 3.63) is 35.4 Å². The Bertz CT molecular complexity index is 470. The Hall–Kier alpha value is -1.84. The van der Waals surface area contributed by atoms with Crippen LogP contribution >= 0.6 is 0 Å². The number of carboxylic acids is 1. The van der Waals surface area contributed by atoms with Gasteiger partial charge in [-0.15, -0.1) is 0 Å². The average Bonchev–Trinajstić information content (AvgIpc) is 2.78. The van der Waals surface area contributed by atoms with Crippen molar-refractivity contribution in [2.24, 2.45) is 0 Å². The average molecular weight is 247 g/mol. The van der Waals surface area contributed by atoms with Crippen LogP contribution in [0.4, 0.5) is 0 Å². The van der Waals surface area contributed by atoms with E-state index in [0.29, 0.717) is 0 Å². The van der Waals surface area contributed by atoms with Gasteiger partial charge in [-0.2, -0.15) is 0 Å². The van der Waals surface area contributed by atoms with E-state index in [4.69, 9.17) is 5.11 Å². The van der Waals surface area contributed by atoms with Gasteiger partial charge in [0.05, 0.1) is 12.3 Å². The minimum atomic E-state index is -0.874. The molecule has 0 aromatic heterocycles. The largest absolute Gasteiger partial charge is 0.481 e. The van der Waals surface area contributed by atoms with Crippen molar-refractivity contribution in [2.45, 2.75) is 25.2 Å². The maximum absolute atomic E-state index is 12.3. The van der Waals surface area contributed by atoms with Gasteiger partial charge in [0.2, 0.25) is 5.91 Å². The number of likely N-dealkylation sites (N-methyl/N-ethyl adjacent to an activating group) is 1. The van der Waals surface area contributed by atoms with Gasteiger partial charge in [0.1, 0.15) is 0 Å². The number of fused-ring (bicyclic) bond motifs is 1. The second-order valence-electron chi connectivity index (χ2n) is 4.69. The summed E-state index contributed by atoms with van der Waals surface area (Å²) >= 11 is 0. The Morgan fingerprint density at radius 3 is 2.83 bits per heavy atom. The predicted octanol–water partition coefficient (Wildman–Crippen LogP) is 1.65. The van der Waals surface area contributed by atoms with Gasteiger partial charge in [-0.25, -0.2) is 0 Å². The van der Waals surface area contributed by atoms with E-state index < -0.39 is 5.97 Å². The molecule has 0 spiro atoms. The van der Waals surface area contributed by atoms with Crippen LogP contribution in [0.5, 0.6) is 0 Å². The number of benzene rings is 1. The number of rotatable bonds is 4. The van der Waals surface area contributed by atoms with Crippen molar-refractivity contribution in [3.63, 3.8) is 0 Å². The summed E-state index contributed by atoms with van der Waals surface area (Å²) in [6, 6.07) is 7.98. The van der Waals surface area contributed by atoms with Crippen molar-refractivity contribution < 1.29 is 14.7 Å². The molecule has 0 aliphatic heterocycles. The van der Waals surface area contributed by atoms with Crippen LogP contribution in [0.15, 0.2) is 24.3 Å². The second kappa shape index (κ2) is 5.21. The first-order valence-electron chi connectivity index (χ1n) is 6.14. The van der Waals surface area contributed by atoms with Crippen molar-refractivity contribution in [1.82, 2.24) is 4.90 Å². The first-order chi connectivity index (χ1) is 8.59. The summed E-state index contributed by atoms with van der Waals surface area (Å²) in [7, 11) is 1.67. The van der Waals surface area contributed by atoms with Gasteiger partial charge in [0.15, 0.2) is 0 Å². The van der Waals surface area contributed by atoms with Gasteiger partial charge in [0.25, 0.3) is 0 Å². The van der Waals surface area contributed by atoms with Crippen LogP contribution in [0.2, 0.25) is 0 Å². The molecule has 0 saturated carbocycles. The molecule has 1 atom stereocenters. The zero-order valence-corrected chi connectivity index (χ0v) is 10.4. The summed E-state index contributed by atoms with van der Waals surface area (Å²) in [4.78, 5) is 24.3. The van der Waals surface area contributed by atoms with E-state index in [1.807, 2.05) is 18.2 Å². The highest BCUT2D eigenvalue weighted by Crippen LogP contribution is 2.33. The molecule has 1 unspecified atom stereocenters. The highest BCUT2D eigenvalue weighted by Gasteiger charge is 2.30. The third kappa shape index (κ3) is 2.53. The van der Waals surface area contributed by atoms with E-state index in [1.165, 1.54) is 10.5 Å². The van der Waals surface area contributed by atoms with Crippen molar-refractivity contribution in [1.29, 1.82) is 0 Å². The first-order valence-corrected chi connectivity index (χ1v) is 6.14. The van der Waals surface area contributed by atoms with Crippen LogP contribution in [0.3, 0.4) is 0 Å². The molecule has 18 heavy (non-hydrogen) atoms. The maximum Gasteiger partial charge on any atom is 0.305 e. The molecule has 0 fully saturated rings. The van der Waals surface area contributed by atoms with Crippen LogP contribution in [0.1, 0.15) is 29.9 Å². The first kappa shape index (κ1) is 12.6. The number of carboxylic acid groups (broad SMARTS) is 1. The lowest BCUT2D eigenvalue weighted by Gasteiger charge is -2.20. The maximum atomic E-state index is 12.3. The minimum absolute atomic E-state index is 0.00337. The fourth-order valence-electron chi connectivity index (χ4n) is 2.45. The van der Waals surface area contributed by atoms with Crippen LogP contribution < -0.4 is 0 Å². The summed E-state index contributed by atoms with van der Waals surface area (Å²) in [5, 5.41) is 8.63. The molecule has 1 aliphatic carbocycles. The number of hydrogen-bond acceptors (Lipinski definition) is 2.